The van der Waals surface area contributed by atoms with Gasteiger partial charge in [0.25, 0.3) is 0 Å². The molecule has 0 spiro atoms. The quantitative estimate of drug-likeness (QED) is 0.607. The molecule has 1 rings (SSSR count). The maximum atomic E-state index is 11.5. The summed E-state index contributed by atoms with van der Waals surface area (Å²) in [5.41, 5.74) is -1.42. The Morgan fingerprint density at radius 2 is 2.24 bits per heavy atom. The van der Waals surface area contributed by atoms with Crippen LogP contribution in [0.15, 0.2) is 0 Å². The molecule has 0 radical (unpaired) electrons. The van der Waals surface area contributed by atoms with Crippen molar-refractivity contribution in [3.8, 4) is 0 Å². The molecular weight excluding hydrogens is 226 g/mol. The zero-order valence-corrected chi connectivity index (χ0v) is 9.94. The summed E-state index contributed by atoms with van der Waals surface area (Å²) in [5, 5.41) is 20.7. The molecule has 0 aromatic heterocycles. The molecule has 1 aliphatic rings. The van der Waals surface area contributed by atoms with Crippen molar-refractivity contribution >= 4 is 11.9 Å². The second-order valence-corrected chi connectivity index (χ2v) is 4.68. The van der Waals surface area contributed by atoms with E-state index in [4.69, 9.17) is 9.84 Å². The van der Waals surface area contributed by atoms with E-state index in [1.165, 1.54) is 6.92 Å². The maximum absolute atomic E-state index is 11.5. The van der Waals surface area contributed by atoms with E-state index in [0.717, 1.165) is 12.8 Å². The highest BCUT2D eigenvalue weighted by molar-refractivity contribution is 5.76. The van der Waals surface area contributed by atoms with Crippen molar-refractivity contribution in [3.05, 3.63) is 0 Å². The molecule has 1 aliphatic heterocycles. The predicted octanol–water partition coefficient (Wildman–Crippen LogP) is -0.103. The molecule has 1 heterocycles. The minimum absolute atomic E-state index is 0.0422. The van der Waals surface area contributed by atoms with Gasteiger partial charge in [-0.2, -0.15) is 0 Å². The van der Waals surface area contributed by atoms with Gasteiger partial charge in [0.05, 0.1) is 24.5 Å². The van der Waals surface area contributed by atoms with Crippen LogP contribution in [0.25, 0.3) is 0 Å². The number of carboxylic acid groups (broad SMARTS) is 1. The van der Waals surface area contributed by atoms with Crippen molar-refractivity contribution in [2.45, 2.75) is 44.3 Å². The Kier molecular flexibility index (Phi) is 4.89. The summed E-state index contributed by atoms with van der Waals surface area (Å²) in [4.78, 5) is 21.9. The molecular formula is C11H19NO5. The van der Waals surface area contributed by atoms with Gasteiger partial charge >= 0.3 is 5.97 Å². The minimum atomic E-state index is -1.42. The summed E-state index contributed by atoms with van der Waals surface area (Å²) < 4.78 is 5.30. The summed E-state index contributed by atoms with van der Waals surface area (Å²) in [7, 11) is 0. The molecule has 1 fully saturated rings. The molecule has 3 N–H and O–H groups in total. The number of aliphatic carboxylic acids is 1. The van der Waals surface area contributed by atoms with Gasteiger partial charge in [-0.1, -0.05) is 0 Å². The number of rotatable bonds is 6. The molecule has 1 amide bonds. The summed E-state index contributed by atoms with van der Waals surface area (Å²) in [6.07, 6.45) is 1.67. The monoisotopic (exact) mass is 245 g/mol. The highest BCUT2D eigenvalue weighted by Crippen LogP contribution is 2.15. The van der Waals surface area contributed by atoms with E-state index >= 15 is 0 Å². The van der Waals surface area contributed by atoms with Crippen molar-refractivity contribution in [1.29, 1.82) is 0 Å². The second-order valence-electron chi connectivity index (χ2n) is 4.68. The van der Waals surface area contributed by atoms with Gasteiger partial charge in [0.2, 0.25) is 5.91 Å². The van der Waals surface area contributed by atoms with E-state index in [-0.39, 0.29) is 25.0 Å². The van der Waals surface area contributed by atoms with Gasteiger partial charge in [-0.25, -0.2) is 0 Å². The van der Waals surface area contributed by atoms with Crippen molar-refractivity contribution < 1.29 is 24.5 Å². The maximum Gasteiger partial charge on any atom is 0.306 e. The molecule has 0 bridgehead atoms. The zero-order chi connectivity index (χ0) is 12.9. The van der Waals surface area contributed by atoms with Crippen LogP contribution in [-0.2, 0) is 14.3 Å². The lowest BCUT2D eigenvalue weighted by Gasteiger charge is -2.21. The third kappa shape index (κ3) is 5.65. The Morgan fingerprint density at radius 3 is 2.76 bits per heavy atom. The molecule has 0 aromatic carbocycles. The van der Waals surface area contributed by atoms with Crippen LogP contribution in [-0.4, -0.2) is 46.9 Å². The Balaban J connectivity index is 2.24. The van der Waals surface area contributed by atoms with E-state index in [1.54, 1.807) is 0 Å². The van der Waals surface area contributed by atoms with Gasteiger partial charge in [-0.05, 0) is 19.8 Å². The van der Waals surface area contributed by atoms with E-state index < -0.39 is 18.0 Å². The molecule has 0 aromatic rings. The fourth-order valence-electron chi connectivity index (χ4n) is 1.76. The first kappa shape index (κ1) is 13.9. The summed E-state index contributed by atoms with van der Waals surface area (Å²) in [6.45, 7) is 2.01. The van der Waals surface area contributed by atoms with E-state index in [1.807, 2.05) is 0 Å². The Labute approximate surface area is 100.0 Å². The normalized spacial score (nSPS) is 23.1. The molecule has 2 atom stereocenters. The van der Waals surface area contributed by atoms with Gasteiger partial charge in [0.1, 0.15) is 0 Å². The number of hydrogen-bond acceptors (Lipinski definition) is 4. The van der Waals surface area contributed by atoms with E-state index in [9.17, 15) is 14.7 Å². The van der Waals surface area contributed by atoms with E-state index in [0.29, 0.717) is 6.61 Å². The van der Waals surface area contributed by atoms with Crippen LogP contribution in [0.5, 0.6) is 0 Å². The fourth-order valence-corrected chi connectivity index (χ4v) is 1.76. The second kappa shape index (κ2) is 5.97. The average molecular weight is 245 g/mol. The number of carboxylic acids is 1. The van der Waals surface area contributed by atoms with Crippen molar-refractivity contribution in [2.75, 3.05) is 13.2 Å². The highest BCUT2D eigenvalue weighted by atomic mass is 16.5. The lowest BCUT2D eigenvalue weighted by Crippen LogP contribution is -2.42. The third-order valence-electron chi connectivity index (χ3n) is 2.64. The first-order valence-electron chi connectivity index (χ1n) is 5.71. The summed E-state index contributed by atoms with van der Waals surface area (Å²) in [5.74, 6) is -1.31. The van der Waals surface area contributed by atoms with Crippen molar-refractivity contribution in [2.24, 2.45) is 0 Å². The number of hydrogen-bond donors (Lipinski definition) is 3. The lowest BCUT2D eigenvalue weighted by molar-refractivity contribution is -0.142. The number of carbonyl (C=O) groups is 2. The first-order valence-corrected chi connectivity index (χ1v) is 5.71. The number of carbonyl (C=O) groups excluding carboxylic acids is 1. The molecule has 1 saturated heterocycles. The minimum Gasteiger partial charge on any atom is -0.481 e. The number of ether oxygens (including phenoxy) is 1. The number of amides is 1. The van der Waals surface area contributed by atoms with Gasteiger partial charge in [0, 0.05) is 13.2 Å². The lowest BCUT2D eigenvalue weighted by atomic mass is 10.0. The fraction of sp³-hybridized carbons (Fsp3) is 0.818. The van der Waals surface area contributed by atoms with E-state index in [2.05, 4.69) is 5.32 Å². The van der Waals surface area contributed by atoms with Crippen molar-refractivity contribution in [1.82, 2.24) is 5.32 Å². The van der Waals surface area contributed by atoms with Crippen LogP contribution in [0, 0.1) is 0 Å². The molecule has 2 unspecified atom stereocenters. The van der Waals surface area contributed by atoms with Crippen LogP contribution in [0.2, 0.25) is 0 Å². The SMILES string of the molecule is CC(O)(CNC(=O)CC1CCCO1)CC(=O)O. The van der Waals surface area contributed by atoms with Crippen LogP contribution in [0.1, 0.15) is 32.6 Å². The molecule has 0 aliphatic carbocycles. The molecule has 6 nitrogen and oxygen atoms in total. The van der Waals surface area contributed by atoms with Gasteiger partial charge in [-0.15, -0.1) is 0 Å². The first-order chi connectivity index (χ1) is 7.89. The molecule has 98 valence electrons. The predicted molar refractivity (Wildman–Crippen MR) is 59.5 cm³/mol. The highest BCUT2D eigenvalue weighted by Gasteiger charge is 2.26. The Morgan fingerprint density at radius 1 is 1.53 bits per heavy atom. The summed E-state index contributed by atoms with van der Waals surface area (Å²) in [6, 6.07) is 0. The molecule has 6 heteroatoms. The van der Waals surface area contributed by atoms with Crippen LogP contribution in [0.3, 0.4) is 0 Å². The number of nitrogens with one attached hydrogen (secondary N) is 1. The number of aliphatic hydroxyl groups is 1. The van der Waals surface area contributed by atoms with Gasteiger partial charge < -0.3 is 20.3 Å². The standard InChI is InChI=1S/C11H19NO5/c1-11(16,6-10(14)15)7-12-9(13)5-8-3-2-4-17-8/h8,16H,2-7H2,1H3,(H,12,13)(H,14,15). The third-order valence-corrected chi connectivity index (χ3v) is 2.64. The Bertz CT molecular complexity index is 284. The van der Waals surface area contributed by atoms with Crippen molar-refractivity contribution in [3.63, 3.8) is 0 Å². The Hall–Kier alpha value is -1.14. The molecule has 17 heavy (non-hydrogen) atoms. The van der Waals surface area contributed by atoms with Crippen LogP contribution < -0.4 is 5.32 Å². The van der Waals surface area contributed by atoms with Gasteiger partial charge in [-0.3, -0.25) is 9.59 Å². The topological polar surface area (TPSA) is 95.9 Å². The summed E-state index contributed by atoms with van der Waals surface area (Å²) >= 11 is 0. The van der Waals surface area contributed by atoms with Crippen LogP contribution >= 0.6 is 0 Å². The largest absolute Gasteiger partial charge is 0.481 e. The zero-order valence-electron chi connectivity index (χ0n) is 9.94. The smallest absolute Gasteiger partial charge is 0.306 e. The van der Waals surface area contributed by atoms with Gasteiger partial charge in [0.15, 0.2) is 0 Å². The average Bonchev–Trinajstić information content (AvgIpc) is 2.65. The van der Waals surface area contributed by atoms with Crippen LogP contribution in [0.4, 0.5) is 0 Å². The molecule has 0 saturated carbocycles.